The van der Waals surface area contributed by atoms with Crippen LogP contribution < -0.4 is 16.0 Å². The average Bonchev–Trinajstić information content (AvgIpc) is 3.26. The molecule has 2 aliphatic heterocycles. The molecule has 6 heteroatoms. The highest BCUT2D eigenvalue weighted by Crippen LogP contribution is 2.28. The van der Waals surface area contributed by atoms with Crippen LogP contribution in [0.15, 0.2) is 48.5 Å². The summed E-state index contributed by atoms with van der Waals surface area (Å²) in [4.78, 5) is 27.1. The minimum atomic E-state index is -0.323. The highest BCUT2D eigenvalue weighted by Gasteiger charge is 2.38. The molecule has 3 N–H and O–H groups in total. The topological polar surface area (TPSA) is 73.5 Å². The molecule has 2 aromatic rings. The van der Waals surface area contributed by atoms with E-state index in [1.807, 2.05) is 54.3 Å². The molecule has 140 valence electrons. The van der Waals surface area contributed by atoms with E-state index in [0.29, 0.717) is 23.1 Å². The zero-order valence-electron chi connectivity index (χ0n) is 15.4. The average molecular weight is 364 g/mol. The van der Waals surface area contributed by atoms with E-state index < -0.39 is 0 Å². The Bertz CT molecular complexity index is 841. The number of urea groups is 1. The van der Waals surface area contributed by atoms with Crippen molar-refractivity contribution in [2.75, 3.05) is 36.8 Å². The summed E-state index contributed by atoms with van der Waals surface area (Å²) in [6.07, 6.45) is 0. The van der Waals surface area contributed by atoms with Crippen LogP contribution in [0.2, 0.25) is 0 Å². The molecule has 27 heavy (non-hydrogen) atoms. The van der Waals surface area contributed by atoms with Crippen molar-refractivity contribution in [2.24, 2.45) is 11.8 Å². The number of aryl methyl sites for hydroxylation is 1. The van der Waals surface area contributed by atoms with E-state index in [0.717, 1.165) is 37.4 Å². The molecule has 4 rings (SSSR count). The van der Waals surface area contributed by atoms with E-state index in [1.165, 1.54) is 0 Å². The van der Waals surface area contributed by atoms with Gasteiger partial charge in [0.05, 0.1) is 0 Å². The second-order valence-electron chi connectivity index (χ2n) is 7.36. The second-order valence-corrected chi connectivity index (χ2v) is 7.36. The summed E-state index contributed by atoms with van der Waals surface area (Å²) in [5.41, 5.74) is 2.90. The minimum Gasteiger partial charge on any atom is -0.338 e. The van der Waals surface area contributed by atoms with Crippen molar-refractivity contribution < 1.29 is 9.59 Å². The van der Waals surface area contributed by atoms with Gasteiger partial charge in [-0.25, -0.2) is 4.79 Å². The summed E-state index contributed by atoms with van der Waals surface area (Å²) < 4.78 is 0. The van der Waals surface area contributed by atoms with Gasteiger partial charge in [0.1, 0.15) is 0 Å². The number of carbonyl (C=O) groups is 2. The van der Waals surface area contributed by atoms with Crippen LogP contribution in [0.5, 0.6) is 0 Å². The fraction of sp³-hybridized carbons (Fsp3) is 0.333. The maximum absolute atomic E-state index is 12.9. The van der Waals surface area contributed by atoms with Gasteiger partial charge in [-0.3, -0.25) is 4.79 Å². The van der Waals surface area contributed by atoms with Crippen LogP contribution in [0.1, 0.15) is 15.9 Å². The fourth-order valence-corrected chi connectivity index (χ4v) is 3.90. The third-order valence-electron chi connectivity index (χ3n) is 5.44. The molecule has 2 aromatic carbocycles. The number of likely N-dealkylation sites (tertiary alicyclic amines) is 1. The van der Waals surface area contributed by atoms with Gasteiger partial charge in [-0.1, -0.05) is 24.3 Å². The van der Waals surface area contributed by atoms with Crippen LogP contribution in [0.3, 0.4) is 0 Å². The number of amides is 3. The quantitative estimate of drug-likeness (QED) is 0.784. The first-order valence-electron chi connectivity index (χ1n) is 9.34. The molecular formula is C21H24N4O2. The Morgan fingerprint density at radius 1 is 1.00 bits per heavy atom. The van der Waals surface area contributed by atoms with Crippen molar-refractivity contribution in [3.8, 4) is 0 Å². The first-order chi connectivity index (χ1) is 13.1. The Labute approximate surface area is 158 Å². The van der Waals surface area contributed by atoms with Crippen LogP contribution in [0.4, 0.5) is 16.2 Å². The van der Waals surface area contributed by atoms with Crippen molar-refractivity contribution in [3.63, 3.8) is 0 Å². The van der Waals surface area contributed by atoms with Gasteiger partial charge >= 0.3 is 6.03 Å². The van der Waals surface area contributed by atoms with Gasteiger partial charge in [0.15, 0.2) is 0 Å². The van der Waals surface area contributed by atoms with E-state index in [4.69, 9.17) is 0 Å². The molecule has 2 atom stereocenters. The molecule has 2 saturated heterocycles. The summed E-state index contributed by atoms with van der Waals surface area (Å²) >= 11 is 0. The molecule has 0 aromatic heterocycles. The Hall–Kier alpha value is -2.86. The SMILES string of the molecule is Cc1ccc(C(=O)N2C[C@H]3CNC[C@H]3C2)cc1NC(=O)Nc1ccccc1. The number of para-hydroxylation sites is 1. The Morgan fingerprint density at radius 3 is 2.41 bits per heavy atom. The van der Waals surface area contributed by atoms with E-state index in [-0.39, 0.29) is 11.9 Å². The summed E-state index contributed by atoms with van der Waals surface area (Å²) in [7, 11) is 0. The molecule has 3 amide bonds. The van der Waals surface area contributed by atoms with Gasteiger partial charge in [-0.15, -0.1) is 0 Å². The molecule has 0 saturated carbocycles. The molecule has 2 fully saturated rings. The molecule has 2 heterocycles. The Balaban J connectivity index is 1.45. The van der Waals surface area contributed by atoms with Crippen LogP contribution >= 0.6 is 0 Å². The van der Waals surface area contributed by atoms with E-state index >= 15 is 0 Å². The highest BCUT2D eigenvalue weighted by molar-refractivity contribution is 6.02. The van der Waals surface area contributed by atoms with Crippen molar-refractivity contribution in [2.45, 2.75) is 6.92 Å². The lowest BCUT2D eigenvalue weighted by molar-refractivity contribution is 0.0781. The molecule has 2 aliphatic rings. The van der Waals surface area contributed by atoms with Crippen LogP contribution in [0, 0.1) is 18.8 Å². The summed E-state index contributed by atoms with van der Waals surface area (Å²) in [5, 5.41) is 9.04. The van der Waals surface area contributed by atoms with Gasteiger partial charge < -0.3 is 20.9 Å². The number of benzene rings is 2. The van der Waals surface area contributed by atoms with Gasteiger partial charge in [0.2, 0.25) is 0 Å². The van der Waals surface area contributed by atoms with Gasteiger partial charge in [-0.2, -0.15) is 0 Å². The third kappa shape index (κ3) is 3.80. The predicted octanol–water partition coefficient (Wildman–Crippen LogP) is 2.93. The zero-order chi connectivity index (χ0) is 18.8. The number of fused-ring (bicyclic) bond motifs is 1. The number of hydrogen-bond acceptors (Lipinski definition) is 3. The lowest BCUT2D eigenvalue weighted by atomic mass is 10.0. The molecule has 0 spiro atoms. The number of nitrogens with one attached hydrogen (secondary N) is 3. The minimum absolute atomic E-state index is 0.0379. The second kappa shape index (κ2) is 7.40. The maximum Gasteiger partial charge on any atom is 0.323 e. The number of hydrogen-bond donors (Lipinski definition) is 3. The first kappa shape index (κ1) is 17.5. The van der Waals surface area contributed by atoms with Crippen LogP contribution in [0.25, 0.3) is 0 Å². The molecule has 0 unspecified atom stereocenters. The first-order valence-corrected chi connectivity index (χ1v) is 9.34. The molecule has 0 aliphatic carbocycles. The summed E-state index contributed by atoms with van der Waals surface area (Å²) in [6, 6.07) is 14.4. The molecule has 6 nitrogen and oxygen atoms in total. The smallest absolute Gasteiger partial charge is 0.323 e. The normalized spacial score (nSPS) is 21.0. The van der Waals surface area contributed by atoms with Crippen LogP contribution in [-0.2, 0) is 0 Å². The molecular weight excluding hydrogens is 340 g/mol. The van der Waals surface area contributed by atoms with Gasteiger partial charge in [0, 0.05) is 43.1 Å². The van der Waals surface area contributed by atoms with Gasteiger partial charge in [0.25, 0.3) is 5.91 Å². The number of carbonyl (C=O) groups excluding carboxylic acids is 2. The van der Waals surface area contributed by atoms with Crippen molar-refractivity contribution in [3.05, 3.63) is 59.7 Å². The number of rotatable bonds is 3. The molecule has 0 radical (unpaired) electrons. The molecule has 0 bridgehead atoms. The third-order valence-corrected chi connectivity index (χ3v) is 5.44. The van der Waals surface area contributed by atoms with E-state index in [1.54, 1.807) is 6.07 Å². The van der Waals surface area contributed by atoms with Crippen molar-refractivity contribution in [1.29, 1.82) is 0 Å². The maximum atomic E-state index is 12.9. The number of nitrogens with zero attached hydrogens (tertiary/aromatic N) is 1. The summed E-state index contributed by atoms with van der Waals surface area (Å²) in [5.74, 6) is 1.17. The largest absolute Gasteiger partial charge is 0.338 e. The highest BCUT2D eigenvalue weighted by atomic mass is 16.2. The van der Waals surface area contributed by atoms with Crippen molar-refractivity contribution >= 4 is 23.3 Å². The van der Waals surface area contributed by atoms with E-state index in [2.05, 4.69) is 16.0 Å². The summed E-state index contributed by atoms with van der Waals surface area (Å²) in [6.45, 7) is 5.52. The van der Waals surface area contributed by atoms with E-state index in [9.17, 15) is 9.59 Å². The Morgan fingerprint density at radius 2 is 1.70 bits per heavy atom. The zero-order valence-corrected chi connectivity index (χ0v) is 15.4. The Kier molecular flexibility index (Phi) is 4.81. The monoisotopic (exact) mass is 364 g/mol. The lowest BCUT2D eigenvalue weighted by Crippen LogP contribution is -2.32. The van der Waals surface area contributed by atoms with Gasteiger partial charge in [-0.05, 0) is 48.6 Å². The van der Waals surface area contributed by atoms with Crippen LogP contribution in [-0.4, -0.2) is 43.0 Å². The predicted molar refractivity (Wildman–Crippen MR) is 106 cm³/mol. The van der Waals surface area contributed by atoms with Crippen molar-refractivity contribution in [1.82, 2.24) is 10.2 Å². The fourth-order valence-electron chi connectivity index (χ4n) is 3.90. The number of anilines is 2. The standard InChI is InChI=1S/C21H24N4O2/c1-14-7-8-15(20(26)25-12-16-10-22-11-17(16)13-25)9-19(14)24-21(27)23-18-5-3-2-4-6-18/h2-9,16-17,22H,10-13H2,1H3,(H2,23,24,27)/t16-,17+. The lowest BCUT2D eigenvalue weighted by Gasteiger charge is -2.18.